The Balaban J connectivity index is 2.50. The first-order valence-corrected chi connectivity index (χ1v) is 8.42. The van der Waals surface area contributed by atoms with E-state index in [4.69, 9.17) is 10.5 Å². The zero-order valence-corrected chi connectivity index (χ0v) is 13.2. The Bertz CT molecular complexity index is 616. The van der Waals surface area contributed by atoms with Crippen LogP contribution >= 0.6 is 0 Å². The highest BCUT2D eigenvalue weighted by Crippen LogP contribution is 2.33. The zero-order chi connectivity index (χ0) is 15.6. The van der Waals surface area contributed by atoms with Crippen molar-refractivity contribution in [2.45, 2.75) is 37.1 Å². The van der Waals surface area contributed by atoms with Crippen molar-refractivity contribution < 1.29 is 18.3 Å². The van der Waals surface area contributed by atoms with Gasteiger partial charge in [0.2, 0.25) is 10.0 Å². The molecule has 0 amide bonds. The third kappa shape index (κ3) is 3.00. The molecule has 0 aromatic heterocycles. The highest BCUT2D eigenvalue weighted by Gasteiger charge is 2.35. The first-order valence-electron chi connectivity index (χ1n) is 6.98. The van der Waals surface area contributed by atoms with Gasteiger partial charge in [-0.05, 0) is 37.5 Å². The predicted molar refractivity (Wildman–Crippen MR) is 80.8 cm³/mol. The Kier molecular flexibility index (Phi) is 4.75. The molecule has 0 aliphatic carbocycles. The predicted octanol–water partition coefficient (Wildman–Crippen LogP) is 1.12. The Hall–Kier alpha value is -1.31. The topological polar surface area (TPSA) is 92.9 Å². The van der Waals surface area contributed by atoms with Gasteiger partial charge in [-0.1, -0.05) is 6.42 Å². The van der Waals surface area contributed by atoms with Crippen LogP contribution in [-0.2, 0) is 10.0 Å². The number of sulfonamides is 1. The molecule has 0 bridgehead atoms. The number of piperidine rings is 1. The second kappa shape index (κ2) is 6.21. The van der Waals surface area contributed by atoms with E-state index in [0.29, 0.717) is 18.7 Å². The second-order valence-corrected chi connectivity index (χ2v) is 7.17. The minimum Gasteiger partial charge on any atom is -0.495 e. The maximum absolute atomic E-state index is 12.9. The number of hydrogen-bond acceptors (Lipinski definition) is 5. The molecule has 1 aromatic rings. The molecular weight excluding hydrogens is 292 g/mol. The molecule has 1 aliphatic heterocycles. The highest BCUT2D eigenvalue weighted by molar-refractivity contribution is 7.89. The summed E-state index contributed by atoms with van der Waals surface area (Å²) in [4.78, 5) is 0.0634. The number of aliphatic hydroxyl groups excluding tert-OH is 1. The SMILES string of the molecule is COc1cc(C)c(N)cc1S(=O)(=O)N1CCCCC1CO. The summed E-state index contributed by atoms with van der Waals surface area (Å²) in [5, 5.41) is 9.43. The summed E-state index contributed by atoms with van der Waals surface area (Å²) in [5.41, 5.74) is 7.03. The van der Waals surface area contributed by atoms with Crippen LogP contribution in [0, 0.1) is 6.92 Å². The van der Waals surface area contributed by atoms with Crippen LogP contribution in [0.1, 0.15) is 24.8 Å². The molecular formula is C14H22N2O4S. The molecule has 0 radical (unpaired) electrons. The molecule has 1 atom stereocenters. The second-order valence-electron chi connectivity index (χ2n) is 5.31. The van der Waals surface area contributed by atoms with Gasteiger partial charge < -0.3 is 15.6 Å². The normalized spacial score (nSPS) is 20.4. The Labute approximate surface area is 125 Å². The monoisotopic (exact) mass is 314 g/mol. The van der Waals surface area contributed by atoms with Gasteiger partial charge in [-0.25, -0.2) is 8.42 Å². The number of rotatable bonds is 4. The molecule has 21 heavy (non-hydrogen) atoms. The summed E-state index contributed by atoms with van der Waals surface area (Å²) in [6, 6.07) is 2.68. The van der Waals surface area contributed by atoms with E-state index in [9.17, 15) is 13.5 Å². The van der Waals surface area contributed by atoms with Crippen LogP contribution in [0.4, 0.5) is 5.69 Å². The maximum Gasteiger partial charge on any atom is 0.247 e. The Morgan fingerprint density at radius 2 is 2.14 bits per heavy atom. The van der Waals surface area contributed by atoms with Crippen molar-refractivity contribution in [3.8, 4) is 5.75 Å². The van der Waals surface area contributed by atoms with Gasteiger partial charge in [0.1, 0.15) is 10.6 Å². The van der Waals surface area contributed by atoms with Gasteiger partial charge in [-0.2, -0.15) is 4.31 Å². The number of anilines is 1. The fourth-order valence-electron chi connectivity index (χ4n) is 2.64. The Morgan fingerprint density at radius 1 is 1.43 bits per heavy atom. The standard InChI is InChI=1S/C14H22N2O4S/c1-10-7-13(20-2)14(8-12(10)15)21(18,19)16-6-4-3-5-11(16)9-17/h7-8,11,17H,3-6,9,15H2,1-2H3. The van der Waals surface area contributed by atoms with Crippen LogP contribution in [-0.4, -0.2) is 44.1 Å². The van der Waals surface area contributed by atoms with Crippen LogP contribution in [0.2, 0.25) is 0 Å². The summed E-state index contributed by atoms with van der Waals surface area (Å²) in [6.07, 6.45) is 2.38. The maximum atomic E-state index is 12.9. The minimum absolute atomic E-state index is 0.0634. The molecule has 1 aromatic carbocycles. The van der Waals surface area contributed by atoms with Crippen molar-refractivity contribution in [3.05, 3.63) is 17.7 Å². The fourth-order valence-corrected chi connectivity index (χ4v) is 4.50. The quantitative estimate of drug-likeness (QED) is 0.812. The van der Waals surface area contributed by atoms with Crippen LogP contribution in [0.25, 0.3) is 0 Å². The van der Waals surface area contributed by atoms with Crippen molar-refractivity contribution in [1.29, 1.82) is 0 Å². The summed E-state index contributed by atoms with van der Waals surface area (Å²) >= 11 is 0. The van der Waals surface area contributed by atoms with Crippen molar-refractivity contribution >= 4 is 15.7 Å². The average Bonchev–Trinajstić information content (AvgIpc) is 2.49. The molecule has 1 unspecified atom stereocenters. The van der Waals surface area contributed by atoms with Gasteiger partial charge in [-0.15, -0.1) is 0 Å². The van der Waals surface area contributed by atoms with Crippen molar-refractivity contribution in [3.63, 3.8) is 0 Å². The van der Waals surface area contributed by atoms with Gasteiger partial charge >= 0.3 is 0 Å². The summed E-state index contributed by atoms with van der Waals surface area (Å²) < 4.78 is 32.3. The third-order valence-electron chi connectivity index (χ3n) is 3.92. The van der Waals surface area contributed by atoms with Crippen LogP contribution in [0.15, 0.2) is 17.0 Å². The number of nitrogens with zero attached hydrogens (tertiary/aromatic N) is 1. The smallest absolute Gasteiger partial charge is 0.247 e. The average molecular weight is 314 g/mol. The summed E-state index contributed by atoms with van der Waals surface area (Å²) in [6.45, 7) is 2.03. The molecule has 1 saturated heterocycles. The van der Waals surface area contributed by atoms with E-state index in [-0.39, 0.29) is 23.3 Å². The van der Waals surface area contributed by atoms with Gasteiger partial charge in [0.25, 0.3) is 0 Å². The molecule has 2 rings (SSSR count). The van der Waals surface area contributed by atoms with Crippen LogP contribution in [0.5, 0.6) is 5.75 Å². The van der Waals surface area contributed by atoms with Gasteiger partial charge in [0, 0.05) is 18.3 Å². The lowest BCUT2D eigenvalue weighted by Crippen LogP contribution is -2.45. The number of ether oxygens (including phenoxy) is 1. The lowest BCUT2D eigenvalue weighted by Gasteiger charge is -2.33. The third-order valence-corrected chi connectivity index (χ3v) is 5.90. The molecule has 3 N–H and O–H groups in total. The van der Waals surface area contributed by atoms with E-state index in [1.807, 2.05) is 0 Å². The van der Waals surface area contributed by atoms with Crippen molar-refractivity contribution in [1.82, 2.24) is 4.31 Å². The van der Waals surface area contributed by atoms with E-state index in [1.54, 1.807) is 13.0 Å². The first kappa shape index (κ1) is 16.1. The van der Waals surface area contributed by atoms with E-state index in [1.165, 1.54) is 17.5 Å². The van der Waals surface area contributed by atoms with E-state index < -0.39 is 10.0 Å². The number of aryl methyl sites for hydroxylation is 1. The number of nitrogens with two attached hydrogens (primary N) is 1. The number of hydrogen-bond donors (Lipinski definition) is 2. The lowest BCUT2D eigenvalue weighted by molar-refractivity contribution is 0.155. The largest absolute Gasteiger partial charge is 0.495 e. The minimum atomic E-state index is -3.74. The zero-order valence-electron chi connectivity index (χ0n) is 12.4. The van der Waals surface area contributed by atoms with E-state index >= 15 is 0 Å². The molecule has 1 fully saturated rings. The van der Waals surface area contributed by atoms with Crippen molar-refractivity contribution in [2.24, 2.45) is 0 Å². The van der Waals surface area contributed by atoms with Gasteiger partial charge in [0.15, 0.2) is 0 Å². The number of methoxy groups -OCH3 is 1. The Morgan fingerprint density at radius 3 is 2.76 bits per heavy atom. The number of aliphatic hydroxyl groups is 1. The van der Waals surface area contributed by atoms with Gasteiger partial charge in [-0.3, -0.25) is 0 Å². The summed E-state index contributed by atoms with van der Waals surface area (Å²) in [5.74, 6) is 0.281. The molecule has 1 aliphatic rings. The fraction of sp³-hybridized carbons (Fsp3) is 0.571. The number of nitrogen functional groups attached to an aromatic ring is 1. The van der Waals surface area contributed by atoms with E-state index in [0.717, 1.165) is 18.4 Å². The molecule has 6 nitrogen and oxygen atoms in total. The van der Waals surface area contributed by atoms with Crippen LogP contribution in [0.3, 0.4) is 0 Å². The highest BCUT2D eigenvalue weighted by atomic mass is 32.2. The van der Waals surface area contributed by atoms with E-state index in [2.05, 4.69) is 0 Å². The van der Waals surface area contributed by atoms with Crippen LogP contribution < -0.4 is 10.5 Å². The molecule has 0 saturated carbocycles. The molecule has 7 heteroatoms. The van der Waals surface area contributed by atoms with Crippen molar-refractivity contribution in [2.75, 3.05) is 26.0 Å². The molecule has 118 valence electrons. The molecule has 0 spiro atoms. The summed E-state index contributed by atoms with van der Waals surface area (Å²) in [7, 11) is -2.30. The van der Waals surface area contributed by atoms with Gasteiger partial charge in [0.05, 0.1) is 13.7 Å². The first-order chi connectivity index (χ1) is 9.91. The lowest BCUT2D eigenvalue weighted by atomic mass is 10.1. The molecule has 1 heterocycles. The number of benzene rings is 1.